The fraction of sp³-hybridized carbons (Fsp3) is 0.200. The van der Waals surface area contributed by atoms with Crippen LogP contribution in [0.25, 0.3) is 0 Å². The van der Waals surface area contributed by atoms with Gasteiger partial charge in [0, 0.05) is 29.9 Å². The minimum Gasteiger partial charge on any atom is -0.352 e. The molecule has 29 heavy (non-hydrogen) atoms. The van der Waals surface area contributed by atoms with Crippen LogP contribution in [0.4, 0.5) is 5.69 Å². The van der Waals surface area contributed by atoms with E-state index < -0.39 is 0 Å². The Bertz CT molecular complexity index is 1000. The minimum atomic E-state index is -0.0658. The molecular weight excluding hydrogens is 360 g/mol. The largest absolute Gasteiger partial charge is 0.352 e. The maximum absolute atomic E-state index is 12.9. The van der Waals surface area contributed by atoms with Crippen molar-refractivity contribution in [2.75, 3.05) is 18.0 Å². The van der Waals surface area contributed by atoms with Crippen LogP contribution in [0.2, 0.25) is 0 Å². The van der Waals surface area contributed by atoms with Crippen LogP contribution in [0.15, 0.2) is 78.9 Å². The Morgan fingerprint density at radius 3 is 2.34 bits per heavy atom. The second kappa shape index (κ2) is 8.74. The maximum Gasteiger partial charge on any atom is 0.258 e. The van der Waals surface area contributed by atoms with E-state index in [0.29, 0.717) is 30.6 Å². The number of fused-ring (bicyclic) bond motifs is 1. The fourth-order valence-corrected chi connectivity index (χ4v) is 3.83. The topological polar surface area (TPSA) is 49.4 Å². The van der Waals surface area contributed by atoms with E-state index >= 15 is 0 Å². The Morgan fingerprint density at radius 2 is 1.59 bits per heavy atom. The number of aryl methyl sites for hydroxylation is 1. The predicted octanol–water partition coefficient (Wildman–Crippen LogP) is 4.25. The van der Waals surface area contributed by atoms with Crippen molar-refractivity contribution in [3.63, 3.8) is 0 Å². The summed E-state index contributed by atoms with van der Waals surface area (Å²) in [7, 11) is 0. The van der Waals surface area contributed by atoms with Crippen molar-refractivity contribution in [1.82, 2.24) is 5.32 Å². The highest BCUT2D eigenvalue weighted by Gasteiger charge is 2.28. The number of rotatable bonds is 6. The minimum absolute atomic E-state index is 0.0234. The molecule has 1 N–H and O–H groups in total. The van der Waals surface area contributed by atoms with Crippen molar-refractivity contribution in [2.45, 2.75) is 19.3 Å². The molecule has 0 atom stereocenters. The van der Waals surface area contributed by atoms with Gasteiger partial charge in [0.15, 0.2) is 0 Å². The van der Waals surface area contributed by atoms with Crippen molar-refractivity contribution in [1.29, 1.82) is 0 Å². The molecule has 0 unspecified atom stereocenters. The average Bonchev–Trinajstić information content (AvgIpc) is 3.21. The summed E-state index contributed by atoms with van der Waals surface area (Å²) in [5, 5.41) is 3.03. The summed E-state index contributed by atoms with van der Waals surface area (Å²) in [5.74, 6) is -0.0892. The highest BCUT2D eigenvalue weighted by Crippen LogP contribution is 2.32. The first-order valence-electron chi connectivity index (χ1n) is 10.0. The van der Waals surface area contributed by atoms with E-state index in [2.05, 4.69) is 17.4 Å². The van der Waals surface area contributed by atoms with Crippen molar-refractivity contribution in [3.8, 4) is 0 Å². The number of benzene rings is 3. The molecule has 0 saturated carbocycles. The molecule has 0 fully saturated rings. The van der Waals surface area contributed by atoms with Crippen LogP contribution in [0.1, 0.15) is 38.3 Å². The quantitative estimate of drug-likeness (QED) is 0.646. The van der Waals surface area contributed by atoms with Gasteiger partial charge >= 0.3 is 0 Å². The Morgan fingerprint density at radius 1 is 0.862 bits per heavy atom. The van der Waals surface area contributed by atoms with E-state index in [9.17, 15) is 9.59 Å². The lowest BCUT2D eigenvalue weighted by Gasteiger charge is -2.18. The normalized spacial score (nSPS) is 12.5. The smallest absolute Gasteiger partial charge is 0.258 e. The zero-order valence-electron chi connectivity index (χ0n) is 16.3. The molecule has 2 amide bonds. The molecule has 0 radical (unpaired) electrons. The van der Waals surface area contributed by atoms with Crippen molar-refractivity contribution in [2.24, 2.45) is 0 Å². The van der Waals surface area contributed by atoms with Crippen LogP contribution >= 0.6 is 0 Å². The van der Waals surface area contributed by atoms with Crippen molar-refractivity contribution in [3.05, 3.63) is 101 Å². The Labute approximate surface area is 171 Å². The lowest BCUT2D eigenvalue weighted by molar-refractivity contribution is 0.0950. The van der Waals surface area contributed by atoms with Crippen LogP contribution in [-0.4, -0.2) is 24.9 Å². The van der Waals surface area contributed by atoms with Gasteiger partial charge in [0.1, 0.15) is 0 Å². The van der Waals surface area contributed by atoms with Crippen LogP contribution in [0.3, 0.4) is 0 Å². The average molecular weight is 384 g/mol. The number of nitrogens with zero attached hydrogens (tertiary/aromatic N) is 1. The fourth-order valence-electron chi connectivity index (χ4n) is 3.83. The highest BCUT2D eigenvalue weighted by atomic mass is 16.2. The zero-order chi connectivity index (χ0) is 20.1. The van der Waals surface area contributed by atoms with Gasteiger partial charge in [-0.05, 0) is 54.7 Å². The van der Waals surface area contributed by atoms with E-state index in [1.165, 1.54) is 5.56 Å². The standard InChI is InChI=1S/C25H24N2O2/c28-24(26-17-8-11-19-9-3-1-4-10-19)22-14-7-15-23-21(22)16-18-27(23)25(29)20-12-5-2-6-13-20/h1-7,9-10,12-15H,8,11,16-18H2,(H,26,28). The lowest BCUT2D eigenvalue weighted by atomic mass is 10.0. The summed E-state index contributed by atoms with van der Waals surface area (Å²) >= 11 is 0. The van der Waals surface area contributed by atoms with Gasteiger partial charge in [-0.25, -0.2) is 0 Å². The summed E-state index contributed by atoms with van der Waals surface area (Å²) in [4.78, 5) is 27.4. The Kier molecular flexibility index (Phi) is 5.71. The third-order valence-electron chi connectivity index (χ3n) is 5.31. The Balaban J connectivity index is 1.41. The third kappa shape index (κ3) is 4.21. The van der Waals surface area contributed by atoms with Crippen LogP contribution in [0, 0.1) is 0 Å². The van der Waals surface area contributed by atoms with E-state index in [1.54, 1.807) is 4.90 Å². The van der Waals surface area contributed by atoms with Crippen LogP contribution < -0.4 is 10.2 Å². The van der Waals surface area contributed by atoms with Crippen molar-refractivity contribution < 1.29 is 9.59 Å². The summed E-state index contributed by atoms with van der Waals surface area (Å²) in [6, 6.07) is 25.2. The summed E-state index contributed by atoms with van der Waals surface area (Å²) in [6.45, 7) is 1.23. The van der Waals surface area contributed by atoms with Crippen LogP contribution in [0.5, 0.6) is 0 Å². The molecule has 0 saturated heterocycles. The molecule has 4 nitrogen and oxygen atoms in total. The first kappa shape index (κ1) is 18.9. The molecule has 0 aromatic heterocycles. The predicted molar refractivity (Wildman–Crippen MR) is 115 cm³/mol. The van der Waals surface area contributed by atoms with Gasteiger partial charge in [0.2, 0.25) is 0 Å². The van der Waals surface area contributed by atoms with E-state index in [4.69, 9.17) is 0 Å². The molecule has 4 heteroatoms. The number of carbonyl (C=O) groups excluding carboxylic acids is 2. The number of nitrogens with one attached hydrogen (secondary N) is 1. The van der Waals surface area contributed by atoms with Gasteiger partial charge in [-0.1, -0.05) is 54.6 Å². The van der Waals surface area contributed by atoms with Gasteiger partial charge in [0.25, 0.3) is 11.8 Å². The van der Waals surface area contributed by atoms with Gasteiger partial charge < -0.3 is 10.2 Å². The summed E-state index contributed by atoms with van der Waals surface area (Å²) in [6.07, 6.45) is 2.53. The summed E-state index contributed by atoms with van der Waals surface area (Å²) in [5.41, 5.74) is 4.41. The van der Waals surface area contributed by atoms with Gasteiger partial charge in [-0.3, -0.25) is 9.59 Å². The molecule has 4 rings (SSSR count). The molecule has 0 aliphatic carbocycles. The molecule has 1 heterocycles. The zero-order valence-corrected chi connectivity index (χ0v) is 16.3. The highest BCUT2D eigenvalue weighted by molar-refractivity contribution is 6.08. The van der Waals surface area contributed by atoms with Gasteiger partial charge in [-0.2, -0.15) is 0 Å². The monoisotopic (exact) mass is 384 g/mol. The number of hydrogen-bond donors (Lipinski definition) is 1. The first-order valence-corrected chi connectivity index (χ1v) is 10.0. The number of amides is 2. The number of carbonyl (C=O) groups is 2. The van der Waals surface area contributed by atoms with E-state index in [-0.39, 0.29) is 11.8 Å². The second-order valence-electron chi connectivity index (χ2n) is 7.22. The lowest BCUT2D eigenvalue weighted by Crippen LogP contribution is -2.28. The van der Waals surface area contributed by atoms with Crippen LogP contribution in [-0.2, 0) is 12.8 Å². The van der Waals surface area contributed by atoms with Crippen molar-refractivity contribution >= 4 is 17.5 Å². The molecule has 0 bridgehead atoms. The molecule has 1 aliphatic heterocycles. The number of hydrogen-bond acceptors (Lipinski definition) is 2. The number of anilines is 1. The van der Waals surface area contributed by atoms with Gasteiger partial charge in [-0.15, -0.1) is 0 Å². The molecule has 146 valence electrons. The molecule has 3 aromatic rings. The first-order chi connectivity index (χ1) is 14.2. The summed E-state index contributed by atoms with van der Waals surface area (Å²) < 4.78 is 0. The Hall–Kier alpha value is -3.40. The van der Waals surface area contributed by atoms with E-state index in [0.717, 1.165) is 24.1 Å². The SMILES string of the molecule is O=C(NCCCc1ccccc1)c1cccc2c1CCN2C(=O)c1ccccc1. The van der Waals surface area contributed by atoms with E-state index in [1.807, 2.05) is 66.7 Å². The maximum atomic E-state index is 12.9. The molecule has 1 aliphatic rings. The molecular formula is C25H24N2O2. The second-order valence-corrected chi connectivity index (χ2v) is 7.22. The third-order valence-corrected chi connectivity index (χ3v) is 5.31. The molecule has 3 aromatic carbocycles. The van der Waals surface area contributed by atoms with Gasteiger partial charge in [0.05, 0.1) is 0 Å². The molecule has 0 spiro atoms.